The fourth-order valence-corrected chi connectivity index (χ4v) is 4.70. The SMILES string of the molecule is CC(=O)N1CCN(S(=O)(=O)c2cccc(C(=O)N3CCNCC3)c2)CC1. The number of amides is 2. The number of hydrogen-bond donors (Lipinski definition) is 1. The maximum Gasteiger partial charge on any atom is 0.253 e. The molecular weight excluding hydrogens is 356 g/mol. The van der Waals surface area contributed by atoms with E-state index in [9.17, 15) is 18.0 Å². The van der Waals surface area contributed by atoms with Crippen LogP contribution in [0.4, 0.5) is 0 Å². The zero-order chi connectivity index (χ0) is 18.7. The maximum absolute atomic E-state index is 12.9. The minimum absolute atomic E-state index is 0.0503. The van der Waals surface area contributed by atoms with Crippen molar-refractivity contribution in [2.45, 2.75) is 11.8 Å². The van der Waals surface area contributed by atoms with Crippen LogP contribution < -0.4 is 5.32 Å². The first-order valence-corrected chi connectivity index (χ1v) is 10.2. The van der Waals surface area contributed by atoms with Crippen molar-refractivity contribution in [2.75, 3.05) is 52.4 Å². The molecule has 2 aliphatic rings. The van der Waals surface area contributed by atoms with E-state index in [0.29, 0.717) is 31.7 Å². The van der Waals surface area contributed by atoms with Crippen molar-refractivity contribution >= 4 is 21.8 Å². The van der Waals surface area contributed by atoms with Gasteiger partial charge in [0.2, 0.25) is 15.9 Å². The molecule has 0 saturated carbocycles. The van der Waals surface area contributed by atoms with E-state index in [0.717, 1.165) is 13.1 Å². The van der Waals surface area contributed by atoms with E-state index in [1.807, 2.05) is 0 Å². The molecular formula is C17H24N4O4S. The summed E-state index contributed by atoms with van der Waals surface area (Å²) >= 11 is 0. The van der Waals surface area contributed by atoms with Gasteiger partial charge in [-0.2, -0.15) is 4.31 Å². The number of carbonyl (C=O) groups is 2. The molecule has 2 heterocycles. The molecule has 0 spiro atoms. The average Bonchev–Trinajstić information content (AvgIpc) is 2.68. The molecule has 0 aliphatic carbocycles. The summed E-state index contributed by atoms with van der Waals surface area (Å²) in [7, 11) is -3.69. The first-order chi connectivity index (χ1) is 12.4. The lowest BCUT2D eigenvalue weighted by molar-refractivity contribution is -0.129. The minimum Gasteiger partial charge on any atom is -0.340 e. The normalized spacial score (nSPS) is 19.4. The second-order valence-electron chi connectivity index (χ2n) is 6.48. The van der Waals surface area contributed by atoms with Crippen LogP contribution in [0.3, 0.4) is 0 Å². The van der Waals surface area contributed by atoms with Gasteiger partial charge in [0.25, 0.3) is 5.91 Å². The lowest BCUT2D eigenvalue weighted by Gasteiger charge is -2.33. The van der Waals surface area contributed by atoms with Crippen molar-refractivity contribution in [3.63, 3.8) is 0 Å². The molecule has 1 N–H and O–H groups in total. The van der Waals surface area contributed by atoms with Gasteiger partial charge in [-0.15, -0.1) is 0 Å². The van der Waals surface area contributed by atoms with Crippen LogP contribution in [0.25, 0.3) is 0 Å². The fourth-order valence-electron chi connectivity index (χ4n) is 3.23. The van der Waals surface area contributed by atoms with Gasteiger partial charge in [-0.25, -0.2) is 8.42 Å². The summed E-state index contributed by atoms with van der Waals surface area (Å²) in [5.74, 6) is -0.199. The first-order valence-electron chi connectivity index (χ1n) is 8.75. The number of sulfonamides is 1. The van der Waals surface area contributed by atoms with Gasteiger partial charge in [-0.05, 0) is 18.2 Å². The second-order valence-corrected chi connectivity index (χ2v) is 8.42. The summed E-state index contributed by atoms with van der Waals surface area (Å²) in [6.45, 7) is 5.48. The molecule has 8 nitrogen and oxygen atoms in total. The van der Waals surface area contributed by atoms with E-state index in [-0.39, 0.29) is 29.8 Å². The largest absolute Gasteiger partial charge is 0.340 e. The number of nitrogens with one attached hydrogen (secondary N) is 1. The predicted octanol–water partition coefficient (Wildman–Crippen LogP) is -0.415. The van der Waals surface area contributed by atoms with E-state index in [4.69, 9.17) is 0 Å². The number of nitrogens with zero attached hydrogens (tertiary/aromatic N) is 3. The molecule has 0 aromatic heterocycles. The summed E-state index contributed by atoms with van der Waals surface area (Å²) in [4.78, 5) is 27.5. The van der Waals surface area contributed by atoms with E-state index < -0.39 is 10.0 Å². The third kappa shape index (κ3) is 3.89. The monoisotopic (exact) mass is 380 g/mol. The second kappa shape index (κ2) is 7.73. The van der Waals surface area contributed by atoms with Gasteiger partial charge in [0.15, 0.2) is 0 Å². The molecule has 2 aliphatic heterocycles. The Morgan fingerprint density at radius 3 is 2.23 bits per heavy atom. The minimum atomic E-state index is -3.69. The van der Waals surface area contributed by atoms with Crippen LogP contribution in [0, 0.1) is 0 Å². The molecule has 26 heavy (non-hydrogen) atoms. The summed E-state index contributed by atoms with van der Waals surface area (Å²) in [6.07, 6.45) is 0. The Balaban J connectivity index is 1.76. The highest BCUT2D eigenvalue weighted by Gasteiger charge is 2.30. The first kappa shape index (κ1) is 18.8. The molecule has 0 radical (unpaired) electrons. The molecule has 2 fully saturated rings. The van der Waals surface area contributed by atoms with Crippen molar-refractivity contribution in [2.24, 2.45) is 0 Å². The standard InChI is InChI=1S/C17H24N4O4S/c1-14(22)19-9-11-21(12-10-19)26(24,25)16-4-2-3-15(13-16)17(23)20-7-5-18-6-8-20/h2-4,13,18H,5-12H2,1H3. The quantitative estimate of drug-likeness (QED) is 0.770. The van der Waals surface area contributed by atoms with Gasteiger partial charge in [0.05, 0.1) is 4.90 Å². The topological polar surface area (TPSA) is 90.0 Å². The van der Waals surface area contributed by atoms with Crippen molar-refractivity contribution < 1.29 is 18.0 Å². The Hall–Kier alpha value is -1.97. The van der Waals surface area contributed by atoms with Crippen molar-refractivity contribution in [1.82, 2.24) is 19.4 Å². The third-order valence-electron chi connectivity index (χ3n) is 4.81. The number of piperazine rings is 2. The summed E-state index contributed by atoms with van der Waals surface area (Å²) in [6, 6.07) is 6.23. The van der Waals surface area contributed by atoms with Crippen molar-refractivity contribution in [3.05, 3.63) is 29.8 Å². The highest BCUT2D eigenvalue weighted by molar-refractivity contribution is 7.89. The van der Waals surface area contributed by atoms with Crippen LogP contribution in [-0.4, -0.2) is 86.7 Å². The summed E-state index contributed by atoms with van der Waals surface area (Å²) < 4.78 is 27.2. The Bertz CT molecular complexity index is 782. The van der Waals surface area contributed by atoms with E-state index >= 15 is 0 Å². The zero-order valence-corrected chi connectivity index (χ0v) is 15.7. The molecule has 2 amide bonds. The Kier molecular flexibility index (Phi) is 5.59. The smallest absolute Gasteiger partial charge is 0.253 e. The highest BCUT2D eigenvalue weighted by atomic mass is 32.2. The number of rotatable bonds is 3. The molecule has 2 saturated heterocycles. The highest BCUT2D eigenvalue weighted by Crippen LogP contribution is 2.20. The summed E-state index contributed by atoms with van der Waals surface area (Å²) in [5.41, 5.74) is 0.385. The fraction of sp³-hybridized carbons (Fsp3) is 0.529. The number of carbonyl (C=O) groups excluding carboxylic acids is 2. The third-order valence-corrected chi connectivity index (χ3v) is 6.70. The number of benzene rings is 1. The molecule has 0 unspecified atom stereocenters. The maximum atomic E-state index is 12.9. The molecule has 3 rings (SSSR count). The van der Waals surface area contributed by atoms with Crippen LogP contribution >= 0.6 is 0 Å². The van der Waals surface area contributed by atoms with Crippen LogP contribution in [0.5, 0.6) is 0 Å². The van der Waals surface area contributed by atoms with E-state index in [1.54, 1.807) is 21.9 Å². The Labute approximate surface area is 153 Å². The van der Waals surface area contributed by atoms with Crippen LogP contribution in [0.1, 0.15) is 17.3 Å². The Morgan fingerprint density at radius 2 is 1.62 bits per heavy atom. The summed E-state index contributed by atoms with van der Waals surface area (Å²) in [5, 5.41) is 3.19. The molecule has 0 bridgehead atoms. The van der Waals surface area contributed by atoms with Gasteiger partial charge in [0, 0.05) is 64.8 Å². The molecule has 1 aromatic carbocycles. The average molecular weight is 380 g/mol. The lowest BCUT2D eigenvalue weighted by atomic mass is 10.2. The number of hydrogen-bond acceptors (Lipinski definition) is 5. The molecule has 142 valence electrons. The van der Waals surface area contributed by atoms with Crippen LogP contribution in [-0.2, 0) is 14.8 Å². The zero-order valence-electron chi connectivity index (χ0n) is 14.8. The van der Waals surface area contributed by atoms with Crippen molar-refractivity contribution in [1.29, 1.82) is 0 Å². The van der Waals surface area contributed by atoms with Crippen molar-refractivity contribution in [3.8, 4) is 0 Å². The lowest BCUT2D eigenvalue weighted by Crippen LogP contribution is -2.50. The van der Waals surface area contributed by atoms with E-state index in [2.05, 4.69) is 5.32 Å². The van der Waals surface area contributed by atoms with Gasteiger partial charge in [0.1, 0.15) is 0 Å². The van der Waals surface area contributed by atoms with Gasteiger partial charge >= 0.3 is 0 Å². The molecule has 1 aromatic rings. The molecule has 9 heteroatoms. The van der Waals surface area contributed by atoms with Crippen LogP contribution in [0.15, 0.2) is 29.2 Å². The molecule has 0 atom stereocenters. The predicted molar refractivity (Wildman–Crippen MR) is 96.2 cm³/mol. The Morgan fingerprint density at radius 1 is 0.962 bits per heavy atom. The van der Waals surface area contributed by atoms with Gasteiger partial charge < -0.3 is 15.1 Å². The van der Waals surface area contributed by atoms with Gasteiger partial charge in [-0.3, -0.25) is 9.59 Å². The van der Waals surface area contributed by atoms with Gasteiger partial charge in [-0.1, -0.05) is 6.07 Å². The van der Waals surface area contributed by atoms with E-state index in [1.165, 1.54) is 23.4 Å². The van der Waals surface area contributed by atoms with Crippen LogP contribution in [0.2, 0.25) is 0 Å².